The number of hydrogen-bond donors (Lipinski definition) is 2. The molecular weight excluding hydrogens is 272 g/mol. The molecular formula is C15H22N2O4. The number of carbonyl (C=O) groups is 2. The number of alkyl carbamates (subject to hydrolysis) is 1. The first-order chi connectivity index (χ1) is 10.1. The van der Waals surface area contributed by atoms with E-state index in [1.54, 1.807) is 0 Å². The fourth-order valence-corrected chi connectivity index (χ4v) is 1.73. The highest BCUT2D eigenvalue weighted by molar-refractivity contribution is 5.81. The zero-order valence-electron chi connectivity index (χ0n) is 12.4. The lowest BCUT2D eigenvalue weighted by Crippen LogP contribution is -2.45. The molecule has 1 amide bonds. The van der Waals surface area contributed by atoms with Crippen LogP contribution in [-0.2, 0) is 20.9 Å². The van der Waals surface area contributed by atoms with Crippen LogP contribution >= 0.6 is 0 Å². The number of benzene rings is 1. The summed E-state index contributed by atoms with van der Waals surface area (Å²) in [5.41, 5.74) is 6.68. The molecule has 6 heteroatoms. The summed E-state index contributed by atoms with van der Waals surface area (Å²) >= 11 is 0. The van der Waals surface area contributed by atoms with Gasteiger partial charge in [-0.2, -0.15) is 0 Å². The smallest absolute Gasteiger partial charge is 0.408 e. The van der Waals surface area contributed by atoms with Crippen molar-refractivity contribution in [2.45, 2.75) is 38.5 Å². The Bertz CT molecular complexity index is 450. The van der Waals surface area contributed by atoms with E-state index < -0.39 is 18.1 Å². The van der Waals surface area contributed by atoms with Crippen LogP contribution in [0, 0.1) is 0 Å². The topological polar surface area (TPSA) is 90.6 Å². The number of nitrogens with two attached hydrogens (primary N) is 1. The van der Waals surface area contributed by atoms with E-state index in [0.29, 0.717) is 12.8 Å². The summed E-state index contributed by atoms with van der Waals surface area (Å²) < 4.78 is 9.73. The molecule has 1 rings (SSSR count). The molecule has 0 fully saturated rings. The zero-order chi connectivity index (χ0) is 15.7. The highest BCUT2D eigenvalue weighted by atomic mass is 16.6. The molecule has 0 aliphatic carbocycles. The summed E-state index contributed by atoms with van der Waals surface area (Å²) in [6.45, 7) is 2.05. The molecule has 0 bridgehead atoms. The van der Waals surface area contributed by atoms with E-state index in [-0.39, 0.29) is 12.6 Å². The van der Waals surface area contributed by atoms with Gasteiger partial charge in [0, 0.05) is 6.04 Å². The van der Waals surface area contributed by atoms with Gasteiger partial charge in [0.15, 0.2) is 0 Å². The summed E-state index contributed by atoms with van der Waals surface area (Å²) in [6, 6.07) is 8.29. The van der Waals surface area contributed by atoms with Crippen LogP contribution in [0.1, 0.15) is 25.3 Å². The highest BCUT2D eigenvalue weighted by Gasteiger charge is 2.24. The number of methoxy groups -OCH3 is 1. The summed E-state index contributed by atoms with van der Waals surface area (Å²) in [5.74, 6) is -0.532. The van der Waals surface area contributed by atoms with Crippen molar-refractivity contribution in [1.29, 1.82) is 0 Å². The van der Waals surface area contributed by atoms with Crippen molar-refractivity contribution in [2.75, 3.05) is 7.11 Å². The van der Waals surface area contributed by atoms with Crippen LogP contribution in [0.25, 0.3) is 0 Å². The molecule has 0 heterocycles. The van der Waals surface area contributed by atoms with Crippen molar-refractivity contribution in [3.05, 3.63) is 35.9 Å². The van der Waals surface area contributed by atoms with E-state index in [9.17, 15) is 9.59 Å². The molecule has 0 unspecified atom stereocenters. The van der Waals surface area contributed by atoms with Gasteiger partial charge in [-0.15, -0.1) is 0 Å². The lowest BCUT2D eigenvalue weighted by atomic mass is 10.1. The van der Waals surface area contributed by atoms with Gasteiger partial charge in [-0.3, -0.25) is 0 Å². The van der Waals surface area contributed by atoms with Gasteiger partial charge in [0.25, 0.3) is 0 Å². The molecule has 0 radical (unpaired) electrons. The lowest BCUT2D eigenvalue weighted by Gasteiger charge is -2.19. The van der Waals surface area contributed by atoms with Gasteiger partial charge in [0.05, 0.1) is 7.11 Å². The summed E-state index contributed by atoms with van der Waals surface area (Å²) in [5, 5.41) is 2.49. The first kappa shape index (κ1) is 17.0. The predicted octanol–water partition coefficient (Wildman–Crippen LogP) is 1.58. The monoisotopic (exact) mass is 294 g/mol. The molecule has 0 spiro atoms. The van der Waals surface area contributed by atoms with Crippen LogP contribution < -0.4 is 11.1 Å². The van der Waals surface area contributed by atoms with Crippen LogP contribution in [0.15, 0.2) is 30.3 Å². The number of ether oxygens (including phenoxy) is 2. The van der Waals surface area contributed by atoms with Crippen molar-refractivity contribution >= 4 is 12.1 Å². The molecule has 116 valence electrons. The minimum Gasteiger partial charge on any atom is -0.467 e. The molecule has 21 heavy (non-hydrogen) atoms. The number of esters is 1. The van der Waals surface area contributed by atoms with Crippen molar-refractivity contribution < 1.29 is 19.1 Å². The van der Waals surface area contributed by atoms with Crippen LogP contribution in [0.5, 0.6) is 0 Å². The summed E-state index contributed by atoms with van der Waals surface area (Å²) in [4.78, 5) is 23.4. The lowest BCUT2D eigenvalue weighted by molar-refractivity contribution is -0.143. The molecule has 1 aromatic rings. The summed E-state index contributed by atoms with van der Waals surface area (Å²) in [6.07, 6.45) is 0.343. The molecule has 3 N–H and O–H groups in total. The van der Waals surface area contributed by atoms with Gasteiger partial charge in [0.2, 0.25) is 0 Å². The minimum atomic E-state index is -0.798. The van der Waals surface area contributed by atoms with Crippen molar-refractivity contribution in [3.8, 4) is 0 Å². The van der Waals surface area contributed by atoms with E-state index in [2.05, 4.69) is 10.1 Å². The second-order valence-corrected chi connectivity index (χ2v) is 4.69. The van der Waals surface area contributed by atoms with E-state index in [1.807, 2.05) is 37.3 Å². The minimum absolute atomic E-state index is 0.139. The molecule has 0 aliphatic heterocycles. The van der Waals surface area contributed by atoms with Crippen molar-refractivity contribution in [1.82, 2.24) is 5.32 Å². The second-order valence-electron chi connectivity index (χ2n) is 4.69. The Morgan fingerprint density at radius 1 is 1.29 bits per heavy atom. The van der Waals surface area contributed by atoms with Gasteiger partial charge < -0.3 is 20.5 Å². The Morgan fingerprint density at radius 3 is 2.52 bits per heavy atom. The van der Waals surface area contributed by atoms with Crippen LogP contribution in [0.3, 0.4) is 0 Å². The van der Waals surface area contributed by atoms with Crippen molar-refractivity contribution in [3.63, 3.8) is 0 Å². The number of hydrogen-bond acceptors (Lipinski definition) is 5. The Hall–Kier alpha value is -2.08. The Morgan fingerprint density at radius 2 is 1.95 bits per heavy atom. The molecule has 0 saturated carbocycles. The number of rotatable bonds is 7. The molecule has 0 aromatic heterocycles. The molecule has 6 nitrogen and oxygen atoms in total. The van der Waals surface area contributed by atoms with Gasteiger partial charge >= 0.3 is 12.1 Å². The molecule has 1 aromatic carbocycles. The normalized spacial score (nSPS) is 13.1. The number of amides is 1. The third-order valence-corrected chi connectivity index (χ3v) is 3.05. The number of carbonyl (C=O) groups excluding carboxylic acids is 2. The van der Waals surface area contributed by atoms with Crippen LogP contribution in [0.2, 0.25) is 0 Å². The number of nitrogens with one attached hydrogen (secondary N) is 1. The van der Waals surface area contributed by atoms with Gasteiger partial charge in [0.1, 0.15) is 12.6 Å². The third kappa shape index (κ3) is 6.27. The van der Waals surface area contributed by atoms with Crippen LogP contribution in [-0.4, -0.2) is 31.3 Å². The average Bonchev–Trinajstić information content (AvgIpc) is 2.52. The zero-order valence-corrected chi connectivity index (χ0v) is 12.4. The summed E-state index contributed by atoms with van der Waals surface area (Å²) in [7, 11) is 1.27. The second kappa shape index (κ2) is 8.97. The van der Waals surface area contributed by atoms with Gasteiger partial charge in [-0.25, -0.2) is 9.59 Å². The Labute approximate surface area is 124 Å². The maximum Gasteiger partial charge on any atom is 0.408 e. The van der Waals surface area contributed by atoms with E-state index >= 15 is 0 Å². The maximum absolute atomic E-state index is 11.7. The Balaban J connectivity index is 2.49. The fraction of sp³-hybridized carbons (Fsp3) is 0.467. The van der Waals surface area contributed by atoms with Gasteiger partial charge in [-0.1, -0.05) is 37.3 Å². The van der Waals surface area contributed by atoms with E-state index in [0.717, 1.165) is 5.56 Å². The third-order valence-electron chi connectivity index (χ3n) is 3.05. The molecule has 0 aliphatic rings. The first-order valence-corrected chi connectivity index (χ1v) is 6.87. The quantitative estimate of drug-likeness (QED) is 0.745. The first-order valence-electron chi connectivity index (χ1n) is 6.87. The standard InChI is InChI=1S/C15H22N2O4/c1-3-12(16)9-13(14(18)20-2)17-15(19)21-10-11-7-5-4-6-8-11/h4-8,12-13H,3,9-10,16H2,1-2H3,(H,17,19)/t12-,13+/m1/s1. The maximum atomic E-state index is 11.7. The Kier molecular flexibility index (Phi) is 7.25. The van der Waals surface area contributed by atoms with Crippen LogP contribution in [0.4, 0.5) is 4.79 Å². The largest absolute Gasteiger partial charge is 0.467 e. The van der Waals surface area contributed by atoms with E-state index in [1.165, 1.54) is 7.11 Å². The highest BCUT2D eigenvalue weighted by Crippen LogP contribution is 2.04. The molecule has 0 saturated heterocycles. The fourth-order valence-electron chi connectivity index (χ4n) is 1.73. The SMILES string of the molecule is CC[C@@H](N)C[C@H](NC(=O)OCc1ccccc1)C(=O)OC. The van der Waals surface area contributed by atoms with Gasteiger partial charge in [-0.05, 0) is 18.4 Å². The van der Waals surface area contributed by atoms with E-state index in [4.69, 9.17) is 10.5 Å². The predicted molar refractivity (Wildman–Crippen MR) is 78.5 cm³/mol. The molecule has 2 atom stereocenters. The van der Waals surface area contributed by atoms with Crippen molar-refractivity contribution in [2.24, 2.45) is 5.73 Å². The average molecular weight is 294 g/mol.